The topological polar surface area (TPSA) is 58.7 Å². The summed E-state index contributed by atoms with van der Waals surface area (Å²) in [7, 11) is 0. The van der Waals surface area contributed by atoms with Gasteiger partial charge in [-0.2, -0.15) is 0 Å². The molecule has 1 aromatic heterocycles. The van der Waals surface area contributed by atoms with E-state index < -0.39 is 0 Å². The van der Waals surface area contributed by atoms with Crippen molar-refractivity contribution in [1.82, 2.24) is 9.55 Å². The molecule has 26 heavy (non-hydrogen) atoms. The predicted octanol–water partition coefficient (Wildman–Crippen LogP) is 4.27. The van der Waals surface area contributed by atoms with Gasteiger partial charge in [-0.15, -0.1) is 18.3 Å². The molecule has 134 valence electrons. The summed E-state index contributed by atoms with van der Waals surface area (Å²) in [6.45, 7) is 4.37. The van der Waals surface area contributed by atoms with E-state index in [0.29, 0.717) is 34.5 Å². The van der Waals surface area contributed by atoms with Crippen LogP contribution in [0.4, 0.5) is 0 Å². The Kier molecular flexibility index (Phi) is 5.05. The second-order valence-electron chi connectivity index (χ2n) is 6.63. The summed E-state index contributed by atoms with van der Waals surface area (Å²) >= 11 is 3.24. The minimum absolute atomic E-state index is 0.0825. The van der Waals surface area contributed by atoms with Crippen LogP contribution in [0.2, 0.25) is 0 Å². The summed E-state index contributed by atoms with van der Waals surface area (Å²) in [5.74, 6) is 0.874. The van der Waals surface area contributed by atoms with Gasteiger partial charge in [0, 0.05) is 28.8 Å². The van der Waals surface area contributed by atoms with E-state index in [1.165, 1.54) is 24.6 Å². The molecule has 2 aliphatic rings. The number of benzene rings is 1. The van der Waals surface area contributed by atoms with Gasteiger partial charge in [0.2, 0.25) is 0 Å². The Morgan fingerprint density at radius 1 is 1.38 bits per heavy atom. The van der Waals surface area contributed by atoms with Crippen molar-refractivity contribution in [2.45, 2.75) is 47.2 Å². The molecule has 4 nitrogen and oxygen atoms in total. The zero-order chi connectivity index (χ0) is 18.1. The van der Waals surface area contributed by atoms with E-state index >= 15 is 0 Å². The van der Waals surface area contributed by atoms with E-state index in [-0.39, 0.29) is 5.78 Å². The Balaban J connectivity index is 1.63. The number of hydrogen-bond acceptors (Lipinski definition) is 5. The number of aromatic nitrogens is 2. The molecule has 6 heteroatoms. The zero-order valence-corrected chi connectivity index (χ0v) is 16.1. The van der Waals surface area contributed by atoms with Gasteiger partial charge >= 0.3 is 0 Å². The lowest BCUT2D eigenvalue weighted by molar-refractivity contribution is 0.102. The van der Waals surface area contributed by atoms with E-state index in [2.05, 4.69) is 6.58 Å². The van der Waals surface area contributed by atoms with Crippen LogP contribution in [-0.2, 0) is 6.54 Å². The smallest absolute Gasteiger partial charge is 0.173 e. The van der Waals surface area contributed by atoms with Crippen LogP contribution < -0.4 is 5.49 Å². The first-order chi connectivity index (χ1) is 12.7. The molecule has 0 unspecified atom stereocenters. The molecule has 1 fully saturated rings. The standard InChI is InChI=1S/C20H21N3OS2/c1-2-11-23-18(21)17-14-9-6-10-16(14)26-19(17)22-20(23)25-12-15(24)13-7-4-3-5-8-13/h2-5,7-8,14,16,21H,1,6,9-12H2/t14-,16+/m1/s1. The summed E-state index contributed by atoms with van der Waals surface area (Å²) in [4.78, 5) is 17.3. The average Bonchev–Trinajstić information content (AvgIpc) is 3.24. The highest BCUT2D eigenvalue weighted by Crippen LogP contribution is 2.51. The molecular formula is C20H21N3OS2. The van der Waals surface area contributed by atoms with Crippen molar-refractivity contribution in [3.63, 3.8) is 0 Å². The third-order valence-corrected chi connectivity index (χ3v) is 7.39. The second kappa shape index (κ2) is 7.45. The molecule has 0 bridgehead atoms. The van der Waals surface area contributed by atoms with Crippen LogP contribution >= 0.6 is 23.5 Å². The summed E-state index contributed by atoms with van der Waals surface area (Å²) in [5, 5.41) is 11.1. The molecule has 1 aromatic carbocycles. The number of allylic oxidation sites excluding steroid dienone is 1. The van der Waals surface area contributed by atoms with Gasteiger partial charge in [0.1, 0.15) is 10.5 Å². The lowest BCUT2D eigenvalue weighted by atomic mass is 10.0. The Morgan fingerprint density at radius 3 is 2.96 bits per heavy atom. The summed E-state index contributed by atoms with van der Waals surface area (Å²) in [5.41, 5.74) is 2.37. The van der Waals surface area contributed by atoms with Crippen molar-refractivity contribution in [3.05, 3.63) is 59.6 Å². The largest absolute Gasteiger partial charge is 0.302 e. The van der Waals surface area contributed by atoms with Gasteiger partial charge in [-0.1, -0.05) is 54.6 Å². The number of carbonyl (C=O) groups is 1. The third-order valence-electron chi connectivity index (χ3n) is 5.01. The van der Waals surface area contributed by atoms with Crippen LogP contribution in [0.1, 0.15) is 41.1 Å². The lowest BCUT2D eigenvalue weighted by Crippen LogP contribution is -2.28. The first kappa shape index (κ1) is 17.6. The Bertz CT molecular complexity index is 907. The Morgan fingerprint density at radius 2 is 2.19 bits per heavy atom. The first-order valence-corrected chi connectivity index (χ1v) is 10.7. The number of thioether (sulfide) groups is 2. The first-order valence-electron chi connectivity index (χ1n) is 8.87. The highest BCUT2D eigenvalue weighted by atomic mass is 32.2. The van der Waals surface area contributed by atoms with Crippen LogP contribution in [0.3, 0.4) is 0 Å². The van der Waals surface area contributed by atoms with Crippen molar-refractivity contribution in [2.24, 2.45) is 0 Å². The normalized spacial score (nSPS) is 20.6. The van der Waals surface area contributed by atoms with Crippen LogP contribution in [0, 0.1) is 5.41 Å². The van der Waals surface area contributed by atoms with E-state index in [0.717, 1.165) is 22.2 Å². The minimum atomic E-state index is 0.0825. The van der Waals surface area contributed by atoms with Crippen molar-refractivity contribution in [3.8, 4) is 0 Å². The van der Waals surface area contributed by atoms with Gasteiger partial charge in [-0.25, -0.2) is 4.98 Å². The third kappa shape index (κ3) is 3.16. The quantitative estimate of drug-likeness (QED) is 0.266. The second-order valence-corrected chi connectivity index (χ2v) is 8.80. The fourth-order valence-electron chi connectivity index (χ4n) is 3.76. The molecule has 2 heterocycles. The number of rotatable bonds is 6. The number of ketones is 1. The molecule has 0 radical (unpaired) electrons. The maximum absolute atomic E-state index is 12.4. The SMILES string of the molecule is C=CCn1c(SCC(=O)c2ccccc2)nc2c(c1=N)[C@@H]1CCC[C@@H]1S2. The van der Waals surface area contributed by atoms with Crippen LogP contribution in [0.25, 0.3) is 0 Å². The molecule has 0 saturated heterocycles. The number of nitrogens with one attached hydrogen (secondary N) is 1. The highest BCUT2D eigenvalue weighted by Gasteiger charge is 2.39. The number of hydrogen-bond donors (Lipinski definition) is 1. The summed E-state index contributed by atoms with van der Waals surface area (Å²) in [6, 6.07) is 9.33. The Labute approximate surface area is 161 Å². The summed E-state index contributed by atoms with van der Waals surface area (Å²) in [6.07, 6.45) is 5.40. The maximum atomic E-state index is 12.4. The Hall–Kier alpha value is -1.79. The monoisotopic (exact) mass is 383 g/mol. The number of nitrogens with zero attached hydrogens (tertiary/aromatic N) is 2. The van der Waals surface area contributed by atoms with Crippen molar-refractivity contribution >= 4 is 29.3 Å². The lowest BCUT2D eigenvalue weighted by Gasteiger charge is -2.15. The highest BCUT2D eigenvalue weighted by molar-refractivity contribution is 8.00. The fraction of sp³-hybridized carbons (Fsp3) is 0.350. The molecule has 0 amide bonds. The number of carbonyl (C=O) groups excluding carboxylic acids is 1. The van der Waals surface area contributed by atoms with Crippen LogP contribution in [0.5, 0.6) is 0 Å². The molecule has 4 rings (SSSR count). The predicted molar refractivity (Wildman–Crippen MR) is 106 cm³/mol. The van der Waals surface area contributed by atoms with Crippen molar-refractivity contribution in [2.75, 3.05) is 5.75 Å². The van der Waals surface area contributed by atoms with E-state index in [1.807, 2.05) is 46.7 Å². The van der Waals surface area contributed by atoms with E-state index in [9.17, 15) is 4.79 Å². The van der Waals surface area contributed by atoms with Crippen LogP contribution in [0.15, 0.2) is 53.2 Å². The number of fused-ring (bicyclic) bond motifs is 3. The molecule has 2 atom stereocenters. The number of Topliss-reactive ketones (excluding diaryl/α,β-unsaturated/α-hetero) is 1. The van der Waals surface area contributed by atoms with E-state index in [4.69, 9.17) is 10.4 Å². The summed E-state index contributed by atoms with van der Waals surface area (Å²) < 4.78 is 1.90. The molecule has 1 aliphatic heterocycles. The zero-order valence-electron chi connectivity index (χ0n) is 14.5. The fourth-order valence-corrected chi connectivity index (χ4v) is 6.24. The minimum Gasteiger partial charge on any atom is -0.302 e. The van der Waals surface area contributed by atoms with Crippen molar-refractivity contribution in [1.29, 1.82) is 5.41 Å². The molecular weight excluding hydrogens is 362 g/mol. The molecule has 1 N–H and O–H groups in total. The van der Waals surface area contributed by atoms with Gasteiger partial charge in [-0.3, -0.25) is 10.2 Å². The molecule has 0 spiro atoms. The van der Waals surface area contributed by atoms with Gasteiger partial charge in [0.25, 0.3) is 0 Å². The van der Waals surface area contributed by atoms with E-state index in [1.54, 1.807) is 6.08 Å². The van der Waals surface area contributed by atoms with Gasteiger partial charge in [-0.05, 0) is 12.8 Å². The van der Waals surface area contributed by atoms with Gasteiger partial charge in [0.15, 0.2) is 10.9 Å². The average molecular weight is 384 g/mol. The molecule has 2 aromatic rings. The maximum Gasteiger partial charge on any atom is 0.173 e. The van der Waals surface area contributed by atoms with Crippen molar-refractivity contribution < 1.29 is 4.79 Å². The molecule has 1 saturated carbocycles. The van der Waals surface area contributed by atoms with Gasteiger partial charge in [0.05, 0.1) is 5.75 Å². The van der Waals surface area contributed by atoms with Crippen LogP contribution in [-0.4, -0.2) is 26.3 Å². The molecule has 1 aliphatic carbocycles. The van der Waals surface area contributed by atoms with Gasteiger partial charge < -0.3 is 4.57 Å².